The van der Waals surface area contributed by atoms with Crippen LogP contribution < -0.4 is 4.72 Å². The molecule has 0 radical (unpaired) electrons. The quantitative estimate of drug-likeness (QED) is 0.656. The van der Waals surface area contributed by atoms with Gasteiger partial charge >= 0.3 is 0 Å². The molecule has 1 aromatic rings. The SMILES string of the molecule is CS(=O)(=O)NCCCc1ncc[nH]1. The Balaban J connectivity index is 2.16. The number of aryl methyl sites for hydroxylation is 1. The molecule has 0 unspecified atom stereocenters. The summed E-state index contributed by atoms with van der Waals surface area (Å²) in [6.07, 6.45) is 6.09. The molecule has 0 saturated carbocycles. The molecule has 1 heterocycles. The molecule has 1 aromatic heterocycles. The van der Waals surface area contributed by atoms with Crippen molar-refractivity contribution in [2.75, 3.05) is 12.8 Å². The molecule has 74 valence electrons. The largest absolute Gasteiger partial charge is 0.349 e. The number of hydrogen-bond acceptors (Lipinski definition) is 3. The van der Waals surface area contributed by atoms with Gasteiger partial charge in [-0.15, -0.1) is 0 Å². The second-order valence-electron chi connectivity index (χ2n) is 2.81. The number of nitrogens with zero attached hydrogens (tertiary/aromatic N) is 1. The second-order valence-corrected chi connectivity index (χ2v) is 4.64. The summed E-state index contributed by atoms with van der Waals surface area (Å²) >= 11 is 0. The zero-order valence-corrected chi connectivity index (χ0v) is 8.26. The Hall–Kier alpha value is -0.880. The first-order valence-corrected chi connectivity index (χ1v) is 5.90. The molecular weight excluding hydrogens is 190 g/mol. The van der Waals surface area contributed by atoms with Crippen LogP contribution in [0.4, 0.5) is 0 Å². The molecule has 0 fully saturated rings. The maximum atomic E-state index is 10.7. The summed E-state index contributed by atoms with van der Waals surface area (Å²) in [5.41, 5.74) is 0. The highest BCUT2D eigenvalue weighted by atomic mass is 32.2. The van der Waals surface area contributed by atoms with Crippen LogP contribution in [0, 0.1) is 0 Å². The number of H-pyrrole nitrogens is 1. The first-order valence-electron chi connectivity index (χ1n) is 4.01. The van der Waals surface area contributed by atoms with E-state index in [4.69, 9.17) is 0 Å². The number of nitrogens with one attached hydrogen (secondary N) is 2. The highest BCUT2D eigenvalue weighted by Crippen LogP contribution is 1.93. The van der Waals surface area contributed by atoms with Crippen molar-refractivity contribution in [1.82, 2.24) is 14.7 Å². The Labute approximate surface area is 77.6 Å². The van der Waals surface area contributed by atoms with Gasteiger partial charge in [0.25, 0.3) is 0 Å². The van der Waals surface area contributed by atoms with Gasteiger partial charge < -0.3 is 4.98 Å². The summed E-state index contributed by atoms with van der Waals surface area (Å²) < 4.78 is 23.7. The molecule has 5 nitrogen and oxygen atoms in total. The molecular formula is C7H13N3O2S. The predicted molar refractivity (Wildman–Crippen MR) is 49.8 cm³/mol. The van der Waals surface area contributed by atoms with Gasteiger partial charge in [0.1, 0.15) is 5.82 Å². The highest BCUT2D eigenvalue weighted by Gasteiger charge is 1.99. The lowest BCUT2D eigenvalue weighted by Gasteiger charge is -1.99. The zero-order valence-electron chi connectivity index (χ0n) is 7.45. The molecule has 2 N–H and O–H groups in total. The third-order valence-electron chi connectivity index (χ3n) is 1.51. The fourth-order valence-electron chi connectivity index (χ4n) is 0.948. The van der Waals surface area contributed by atoms with Crippen molar-refractivity contribution in [1.29, 1.82) is 0 Å². The third-order valence-corrected chi connectivity index (χ3v) is 2.24. The third kappa shape index (κ3) is 4.64. The van der Waals surface area contributed by atoms with Crippen molar-refractivity contribution < 1.29 is 8.42 Å². The maximum Gasteiger partial charge on any atom is 0.208 e. The van der Waals surface area contributed by atoms with Gasteiger partial charge in [-0.3, -0.25) is 0 Å². The van der Waals surface area contributed by atoms with Crippen LogP contribution in [-0.2, 0) is 16.4 Å². The van der Waals surface area contributed by atoms with E-state index in [2.05, 4.69) is 14.7 Å². The van der Waals surface area contributed by atoms with E-state index in [0.717, 1.165) is 24.9 Å². The van der Waals surface area contributed by atoms with E-state index in [0.29, 0.717) is 6.54 Å². The Kier molecular flexibility index (Phi) is 3.44. The highest BCUT2D eigenvalue weighted by molar-refractivity contribution is 7.88. The van der Waals surface area contributed by atoms with Crippen molar-refractivity contribution in [3.05, 3.63) is 18.2 Å². The van der Waals surface area contributed by atoms with Crippen molar-refractivity contribution in [2.24, 2.45) is 0 Å². The van der Waals surface area contributed by atoms with E-state index < -0.39 is 10.0 Å². The molecule has 0 aliphatic carbocycles. The van der Waals surface area contributed by atoms with E-state index >= 15 is 0 Å². The monoisotopic (exact) mass is 203 g/mol. The average molecular weight is 203 g/mol. The van der Waals surface area contributed by atoms with Gasteiger partial charge in [-0.05, 0) is 6.42 Å². The topological polar surface area (TPSA) is 74.8 Å². The lowest BCUT2D eigenvalue weighted by atomic mass is 10.3. The van der Waals surface area contributed by atoms with E-state index in [9.17, 15) is 8.42 Å². The van der Waals surface area contributed by atoms with Gasteiger partial charge in [-0.2, -0.15) is 0 Å². The van der Waals surface area contributed by atoms with Crippen LogP contribution >= 0.6 is 0 Å². The summed E-state index contributed by atoms with van der Waals surface area (Å²) in [4.78, 5) is 6.96. The first kappa shape index (κ1) is 10.2. The molecule has 13 heavy (non-hydrogen) atoms. The van der Waals surface area contributed by atoms with E-state index in [1.165, 1.54) is 0 Å². The fourth-order valence-corrected chi connectivity index (χ4v) is 1.46. The number of aromatic amines is 1. The number of rotatable bonds is 5. The number of hydrogen-bond donors (Lipinski definition) is 2. The minimum atomic E-state index is -3.05. The van der Waals surface area contributed by atoms with Crippen LogP contribution in [0.1, 0.15) is 12.2 Å². The molecule has 0 atom stereocenters. The Morgan fingerprint density at radius 2 is 2.38 bits per heavy atom. The molecule has 0 spiro atoms. The van der Waals surface area contributed by atoms with Crippen LogP contribution in [0.5, 0.6) is 0 Å². The van der Waals surface area contributed by atoms with Gasteiger partial charge in [0, 0.05) is 25.4 Å². The van der Waals surface area contributed by atoms with Crippen molar-refractivity contribution in [3.63, 3.8) is 0 Å². The van der Waals surface area contributed by atoms with E-state index in [-0.39, 0.29) is 0 Å². The Morgan fingerprint density at radius 3 is 2.92 bits per heavy atom. The number of aromatic nitrogens is 2. The molecule has 0 bridgehead atoms. The summed E-state index contributed by atoms with van der Waals surface area (Å²) in [5.74, 6) is 0.885. The summed E-state index contributed by atoms with van der Waals surface area (Å²) in [6.45, 7) is 0.458. The summed E-state index contributed by atoms with van der Waals surface area (Å²) in [5, 5.41) is 0. The van der Waals surface area contributed by atoms with Crippen molar-refractivity contribution in [3.8, 4) is 0 Å². The minimum Gasteiger partial charge on any atom is -0.349 e. The molecule has 1 rings (SSSR count). The number of imidazole rings is 1. The fraction of sp³-hybridized carbons (Fsp3) is 0.571. The normalized spacial score (nSPS) is 11.8. The summed E-state index contributed by atoms with van der Waals surface area (Å²) in [7, 11) is -3.05. The average Bonchev–Trinajstić information content (AvgIpc) is 2.48. The van der Waals surface area contributed by atoms with Gasteiger partial charge in [0.2, 0.25) is 10.0 Å². The van der Waals surface area contributed by atoms with Gasteiger partial charge in [-0.1, -0.05) is 0 Å². The number of sulfonamides is 1. The lowest BCUT2D eigenvalue weighted by molar-refractivity contribution is 0.584. The molecule has 0 aromatic carbocycles. The van der Waals surface area contributed by atoms with Crippen LogP contribution in [0.25, 0.3) is 0 Å². The van der Waals surface area contributed by atoms with E-state index in [1.807, 2.05) is 0 Å². The zero-order chi connectivity index (χ0) is 9.73. The summed E-state index contributed by atoms with van der Waals surface area (Å²) in [6, 6.07) is 0. The molecule has 0 amide bonds. The van der Waals surface area contributed by atoms with Crippen molar-refractivity contribution in [2.45, 2.75) is 12.8 Å². The van der Waals surface area contributed by atoms with Gasteiger partial charge in [-0.25, -0.2) is 18.1 Å². The molecule has 0 aliphatic rings. The van der Waals surface area contributed by atoms with E-state index in [1.54, 1.807) is 12.4 Å². The lowest BCUT2D eigenvalue weighted by Crippen LogP contribution is -2.23. The second kappa shape index (κ2) is 4.38. The molecule has 0 aliphatic heterocycles. The predicted octanol–water partition coefficient (Wildman–Crippen LogP) is -0.109. The van der Waals surface area contributed by atoms with Gasteiger partial charge in [0.15, 0.2) is 0 Å². The van der Waals surface area contributed by atoms with Crippen molar-refractivity contribution >= 4 is 10.0 Å². The van der Waals surface area contributed by atoms with Crippen LogP contribution in [-0.4, -0.2) is 31.2 Å². The van der Waals surface area contributed by atoms with Crippen LogP contribution in [0.3, 0.4) is 0 Å². The Bertz CT molecular complexity index is 331. The maximum absolute atomic E-state index is 10.7. The minimum absolute atomic E-state index is 0.458. The van der Waals surface area contributed by atoms with Crippen LogP contribution in [0.15, 0.2) is 12.4 Å². The van der Waals surface area contributed by atoms with Crippen LogP contribution in [0.2, 0.25) is 0 Å². The smallest absolute Gasteiger partial charge is 0.208 e. The Morgan fingerprint density at radius 1 is 1.62 bits per heavy atom. The molecule has 6 heteroatoms. The first-order chi connectivity index (χ1) is 6.08. The standard InChI is InChI=1S/C7H13N3O2S/c1-13(11,12)10-4-2-3-7-8-5-6-9-7/h5-6,10H,2-4H2,1H3,(H,8,9). The van der Waals surface area contributed by atoms with Gasteiger partial charge in [0.05, 0.1) is 6.26 Å². The molecule has 0 saturated heterocycles.